The predicted octanol–water partition coefficient (Wildman–Crippen LogP) is 5.43. The first-order chi connectivity index (χ1) is 15.6. The largest absolute Gasteiger partial charge is 0.459 e. The van der Waals surface area contributed by atoms with Crippen LogP contribution in [0.2, 0.25) is 0 Å². The van der Waals surface area contributed by atoms with E-state index in [0.29, 0.717) is 16.6 Å². The molecule has 1 aliphatic rings. The highest BCUT2D eigenvalue weighted by Crippen LogP contribution is 2.42. The number of nitro benzene ring substituents is 1. The summed E-state index contributed by atoms with van der Waals surface area (Å²) in [4.78, 5) is 17.1. The van der Waals surface area contributed by atoms with Gasteiger partial charge >= 0.3 is 0 Å². The van der Waals surface area contributed by atoms with Crippen molar-refractivity contribution in [2.45, 2.75) is 12.1 Å². The molecule has 1 fully saturated rings. The van der Waals surface area contributed by atoms with Gasteiger partial charge in [0.2, 0.25) is 0 Å². The second kappa shape index (κ2) is 8.24. The normalized spacial score (nSPS) is 17.9. The lowest BCUT2D eigenvalue weighted by Gasteiger charge is -2.26. The van der Waals surface area contributed by atoms with E-state index in [9.17, 15) is 10.1 Å². The van der Waals surface area contributed by atoms with Crippen LogP contribution in [0, 0.1) is 10.1 Å². The lowest BCUT2D eigenvalue weighted by atomic mass is 10.0. The summed E-state index contributed by atoms with van der Waals surface area (Å²) < 4.78 is 6.27. The van der Waals surface area contributed by atoms with E-state index in [-0.39, 0.29) is 17.8 Å². The Morgan fingerprint density at radius 2 is 1.72 bits per heavy atom. The number of nitro groups is 1. The number of rotatable bonds is 5. The summed E-state index contributed by atoms with van der Waals surface area (Å²) in [7, 11) is 0. The molecule has 2 aromatic carbocycles. The molecule has 2 aromatic heterocycles. The van der Waals surface area contributed by atoms with E-state index in [1.54, 1.807) is 18.3 Å². The fourth-order valence-electron chi connectivity index (χ4n) is 3.92. The molecule has 0 bridgehead atoms. The lowest BCUT2D eigenvalue weighted by Crippen LogP contribution is -2.29. The zero-order valence-electron chi connectivity index (χ0n) is 16.8. The van der Waals surface area contributed by atoms with Crippen molar-refractivity contribution in [2.75, 3.05) is 4.90 Å². The number of nitrogens with one attached hydrogen (secondary N) is 1. The Bertz CT molecular complexity index is 1260. The zero-order valence-corrected chi connectivity index (χ0v) is 17.6. The zero-order chi connectivity index (χ0) is 22.1. The average molecular weight is 443 g/mol. The number of benzene rings is 2. The van der Waals surface area contributed by atoms with Crippen LogP contribution in [-0.2, 0) is 0 Å². The highest BCUT2D eigenvalue weighted by atomic mass is 32.1. The third kappa shape index (κ3) is 3.61. The van der Waals surface area contributed by atoms with Gasteiger partial charge in [0, 0.05) is 29.6 Å². The molecule has 0 unspecified atom stereocenters. The summed E-state index contributed by atoms with van der Waals surface area (Å²) in [6.45, 7) is 0. The highest BCUT2D eigenvalue weighted by molar-refractivity contribution is 7.80. The van der Waals surface area contributed by atoms with Gasteiger partial charge in [-0.25, -0.2) is 0 Å². The molecule has 1 aliphatic heterocycles. The number of pyridine rings is 1. The number of anilines is 1. The highest BCUT2D eigenvalue weighted by Gasteiger charge is 2.42. The van der Waals surface area contributed by atoms with E-state index in [0.717, 1.165) is 16.9 Å². The minimum atomic E-state index is -0.419. The van der Waals surface area contributed by atoms with Gasteiger partial charge in [0.15, 0.2) is 5.11 Å². The van der Waals surface area contributed by atoms with Gasteiger partial charge in [-0.1, -0.05) is 24.3 Å². The van der Waals surface area contributed by atoms with Crippen molar-refractivity contribution in [3.05, 3.63) is 113 Å². The number of furan rings is 1. The van der Waals surface area contributed by atoms with Gasteiger partial charge in [-0.3, -0.25) is 15.1 Å². The summed E-state index contributed by atoms with van der Waals surface area (Å²) in [5, 5.41) is 14.9. The predicted molar refractivity (Wildman–Crippen MR) is 125 cm³/mol. The molecule has 1 saturated heterocycles. The Kier molecular flexibility index (Phi) is 5.12. The molecule has 8 heteroatoms. The van der Waals surface area contributed by atoms with Crippen LogP contribution in [0.25, 0.3) is 11.3 Å². The van der Waals surface area contributed by atoms with Crippen LogP contribution in [0.5, 0.6) is 0 Å². The number of non-ortho nitro benzene ring substituents is 1. The van der Waals surface area contributed by atoms with Crippen molar-refractivity contribution in [1.29, 1.82) is 0 Å². The average Bonchev–Trinajstić information content (AvgIpc) is 3.45. The molecule has 0 amide bonds. The van der Waals surface area contributed by atoms with Gasteiger partial charge in [0.1, 0.15) is 17.6 Å². The minimum absolute atomic E-state index is 0.0383. The molecule has 0 radical (unpaired) electrons. The van der Waals surface area contributed by atoms with Gasteiger partial charge < -0.3 is 14.6 Å². The van der Waals surface area contributed by atoms with E-state index in [4.69, 9.17) is 16.6 Å². The Labute approximate surface area is 189 Å². The Hall–Kier alpha value is -4.04. The first-order valence-electron chi connectivity index (χ1n) is 10.0. The third-order valence-corrected chi connectivity index (χ3v) is 5.73. The smallest absolute Gasteiger partial charge is 0.269 e. The van der Waals surface area contributed by atoms with E-state index in [1.807, 2.05) is 65.6 Å². The molecular weight excluding hydrogens is 424 g/mol. The van der Waals surface area contributed by atoms with Gasteiger partial charge in [0.25, 0.3) is 5.69 Å². The van der Waals surface area contributed by atoms with Gasteiger partial charge in [-0.15, -0.1) is 0 Å². The number of nitrogens with zero attached hydrogens (tertiary/aromatic N) is 3. The molecule has 32 heavy (non-hydrogen) atoms. The summed E-state index contributed by atoms with van der Waals surface area (Å²) in [6.07, 6.45) is 1.76. The van der Waals surface area contributed by atoms with E-state index >= 15 is 0 Å². The second-order valence-corrected chi connectivity index (χ2v) is 7.72. The molecule has 3 heterocycles. The minimum Gasteiger partial charge on any atom is -0.459 e. The topological polar surface area (TPSA) is 84.4 Å². The SMILES string of the molecule is O=[N+]([O-])c1ccc(-c2ccc([C@@H]3[C@H](c4ccccn4)NC(=S)N3c3ccccc3)o2)cc1. The van der Waals surface area contributed by atoms with Crippen molar-refractivity contribution in [2.24, 2.45) is 0 Å². The number of aromatic nitrogens is 1. The van der Waals surface area contributed by atoms with Crippen molar-refractivity contribution in [3.8, 4) is 11.3 Å². The Morgan fingerprint density at radius 3 is 2.41 bits per heavy atom. The van der Waals surface area contributed by atoms with Crippen LogP contribution in [0.15, 0.2) is 95.5 Å². The molecule has 5 rings (SSSR count). The quantitative estimate of drug-likeness (QED) is 0.251. The maximum Gasteiger partial charge on any atom is 0.269 e. The molecule has 0 saturated carbocycles. The van der Waals surface area contributed by atoms with Gasteiger partial charge in [0.05, 0.1) is 16.7 Å². The fourth-order valence-corrected chi connectivity index (χ4v) is 4.27. The Balaban J connectivity index is 1.56. The van der Waals surface area contributed by atoms with Crippen molar-refractivity contribution in [1.82, 2.24) is 10.3 Å². The van der Waals surface area contributed by atoms with E-state index in [1.165, 1.54) is 12.1 Å². The summed E-state index contributed by atoms with van der Waals surface area (Å²) >= 11 is 5.70. The lowest BCUT2D eigenvalue weighted by molar-refractivity contribution is -0.384. The summed E-state index contributed by atoms with van der Waals surface area (Å²) in [5.41, 5.74) is 2.60. The van der Waals surface area contributed by atoms with Crippen LogP contribution in [-0.4, -0.2) is 15.0 Å². The van der Waals surface area contributed by atoms with Crippen LogP contribution in [0.3, 0.4) is 0 Å². The van der Waals surface area contributed by atoms with Gasteiger partial charge in [-0.2, -0.15) is 0 Å². The standard InChI is InChI=1S/C24H18N4O3S/c29-28(30)18-11-9-16(10-12-18)20-13-14-21(31-20)23-22(19-8-4-5-15-25-19)26-24(32)27(23)17-6-2-1-3-7-17/h1-15,22-23H,(H,26,32)/t22-,23+/m0/s1. The van der Waals surface area contributed by atoms with E-state index < -0.39 is 4.92 Å². The second-order valence-electron chi connectivity index (χ2n) is 7.34. The van der Waals surface area contributed by atoms with Crippen molar-refractivity contribution in [3.63, 3.8) is 0 Å². The first kappa shape index (κ1) is 19.9. The van der Waals surface area contributed by atoms with Crippen molar-refractivity contribution < 1.29 is 9.34 Å². The van der Waals surface area contributed by atoms with Crippen LogP contribution in [0.1, 0.15) is 23.5 Å². The fraction of sp³-hybridized carbons (Fsp3) is 0.0833. The summed E-state index contributed by atoms with van der Waals surface area (Å²) in [5.74, 6) is 1.34. The number of hydrogen-bond donors (Lipinski definition) is 1. The maximum atomic E-state index is 11.0. The molecule has 0 spiro atoms. The van der Waals surface area contributed by atoms with Crippen LogP contribution >= 0.6 is 12.2 Å². The molecule has 2 atom stereocenters. The number of para-hydroxylation sites is 1. The summed E-state index contributed by atoms with van der Waals surface area (Å²) in [6, 6.07) is 25.3. The monoisotopic (exact) mass is 442 g/mol. The third-order valence-electron chi connectivity index (χ3n) is 5.41. The molecule has 0 aliphatic carbocycles. The van der Waals surface area contributed by atoms with Crippen LogP contribution in [0.4, 0.5) is 11.4 Å². The Morgan fingerprint density at radius 1 is 0.969 bits per heavy atom. The van der Waals surface area contributed by atoms with Crippen molar-refractivity contribution >= 4 is 28.7 Å². The van der Waals surface area contributed by atoms with E-state index in [2.05, 4.69) is 10.3 Å². The van der Waals surface area contributed by atoms with Crippen LogP contribution < -0.4 is 10.2 Å². The maximum absolute atomic E-state index is 11.0. The first-order valence-corrected chi connectivity index (χ1v) is 10.4. The molecule has 158 valence electrons. The molecule has 4 aromatic rings. The van der Waals surface area contributed by atoms with Gasteiger partial charge in [-0.05, 0) is 60.7 Å². The molecular formula is C24H18N4O3S. The number of hydrogen-bond acceptors (Lipinski definition) is 5. The molecule has 1 N–H and O–H groups in total. The number of thiocarbonyl (C=S) groups is 1. The molecule has 7 nitrogen and oxygen atoms in total.